The molecule has 1 heterocycles. The third-order valence-electron chi connectivity index (χ3n) is 1.95. The number of nitrogens with two attached hydrogens (primary N) is 1. The molecule has 0 spiro atoms. The predicted molar refractivity (Wildman–Crippen MR) is 58.8 cm³/mol. The molecule has 0 unspecified atom stereocenters. The fraction of sp³-hybridized carbons (Fsp3) is 0. The Morgan fingerprint density at radius 2 is 2.14 bits per heavy atom. The molecule has 0 aliphatic carbocycles. The van der Waals surface area contributed by atoms with Crippen molar-refractivity contribution in [3.05, 3.63) is 33.8 Å². The first-order valence-corrected chi connectivity index (χ1v) is 4.96. The van der Waals surface area contributed by atoms with Crippen LogP contribution < -0.4 is 5.73 Å². The molecule has 1 aromatic heterocycles. The van der Waals surface area contributed by atoms with Gasteiger partial charge in [-0.1, -0.05) is 11.6 Å². The lowest BCUT2D eigenvalue weighted by Gasteiger charge is -2.05. The Balaban J connectivity index is 2.98. The smallest absolute Gasteiger partial charge is 0.160 e. The molecule has 2 N–H and O–H groups in total. The molecule has 0 saturated carbocycles. The van der Waals surface area contributed by atoms with Gasteiger partial charge in [-0.15, -0.1) is 0 Å². The Morgan fingerprint density at radius 3 is 2.86 bits per heavy atom. The van der Waals surface area contributed by atoms with Crippen LogP contribution in [-0.4, -0.2) is 4.98 Å². The monoisotopic (exact) mass is 274 g/mol. The van der Waals surface area contributed by atoms with E-state index < -0.39 is 5.82 Å². The summed E-state index contributed by atoms with van der Waals surface area (Å²) in [7, 11) is 0. The first-order valence-electron chi connectivity index (χ1n) is 3.79. The van der Waals surface area contributed by atoms with E-state index in [4.69, 9.17) is 17.3 Å². The number of pyridine rings is 1. The fourth-order valence-electron chi connectivity index (χ4n) is 1.26. The summed E-state index contributed by atoms with van der Waals surface area (Å²) in [5, 5.41) is 1.53. The molecule has 0 radical (unpaired) electrons. The molecule has 0 bridgehead atoms. The van der Waals surface area contributed by atoms with Gasteiger partial charge in [-0.3, -0.25) is 0 Å². The van der Waals surface area contributed by atoms with Gasteiger partial charge in [0.25, 0.3) is 0 Å². The molecule has 1 aromatic carbocycles. The van der Waals surface area contributed by atoms with Crippen LogP contribution in [0.2, 0.25) is 5.15 Å². The van der Waals surface area contributed by atoms with E-state index in [2.05, 4.69) is 20.9 Å². The van der Waals surface area contributed by atoms with Crippen molar-refractivity contribution in [3.63, 3.8) is 0 Å². The van der Waals surface area contributed by atoms with E-state index in [1.54, 1.807) is 12.1 Å². The maximum Gasteiger partial charge on any atom is 0.160 e. The van der Waals surface area contributed by atoms with Crippen LogP contribution in [0.25, 0.3) is 10.8 Å². The van der Waals surface area contributed by atoms with Crippen LogP contribution in [-0.2, 0) is 0 Å². The van der Waals surface area contributed by atoms with Crippen LogP contribution in [0.15, 0.2) is 22.8 Å². The highest BCUT2D eigenvalue weighted by Gasteiger charge is 2.10. The highest BCUT2D eigenvalue weighted by Crippen LogP contribution is 2.32. The molecule has 5 heteroatoms. The summed E-state index contributed by atoms with van der Waals surface area (Å²) in [5.41, 5.74) is 5.68. The van der Waals surface area contributed by atoms with Crippen molar-refractivity contribution < 1.29 is 4.39 Å². The summed E-state index contributed by atoms with van der Waals surface area (Å²) in [6, 6.07) is 3.20. The maximum absolute atomic E-state index is 13.4. The number of aromatic nitrogens is 1. The first-order chi connectivity index (χ1) is 6.61. The molecule has 72 valence electrons. The van der Waals surface area contributed by atoms with Crippen LogP contribution >= 0.6 is 27.5 Å². The van der Waals surface area contributed by atoms with Crippen molar-refractivity contribution >= 4 is 44.0 Å². The maximum atomic E-state index is 13.4. The zero-order valence-electron chi connectivity index (χ0n) is 6.89. The minimum Gasteiger partial charge on any atom is -0.396 e. The zero-order valence-corrected chi connectivity index (χ0v) is 9.23. The number of halogens is 3. The molecular formula is C9H5BrClFN2. The standard InChI is InChI=1S/C9H5BrClFN2/c10-6-3-5-4(8(13)7(6)12)1-2-14-9(5)11/h1-3H,13H2. The second-order valence-electron chi connectivity index (χ2n) is 2.78. The van der Waals surface area contributed by atoms with Gasteiger partial charge >= 0.3 is 0 Å². The van der Waals surface area contributed by atoms with Gasteiger partial charge in [0, 0.05) is 17.0 Å². The van der Waals surface area contributed by atoms with Gasteiger partial charge in [0.05, 0.1) is 10.2 Å². The Bertz CT molecular complexity index is 516. The molecule has 0 fully saturated rings. The van der Waals surface area contributed by atoms with Crippen molar-refractivity contribution in [1.29, 1.82) is 0 Å². The molecule has 14 heavy (non-hydrogen) atoms. The van der Waals surface area contributed by atoms with Crippen LogP contribution in [0.5, 0.6) is 0 Å². The minimum atomic E-state index is -0.472. The lowest BCUT2D eigenvalue weighted by Crippen LogP contribution is -1.94. The fourth-order valence-corrected chi connectivity index (χ4v) is 1.91. The Hall–Kier alpha value is -0.870. The number of fused-ring (bicyclic) bond motifs is 1. The number of nitrogen functional groups attached to an aromatic ring is 1. The third-order valence-corrected chi connectivity index (χ3v) is 2.83. The Labute approximate surface area is 93.0 Å². The molecule has 0 aliphatic rings. The van der Waals surface area contributed by atoms with E-state index in [1.165, 1.54) is 6.20 Å². The van der Waals surface area contributed by atoms with Gasteiger partial charge in [-0.2, -0.15) is 0 Å². The van der Waals surface area contributed by atoms with Crippen LogP contribution in [0.4, 0.5) is 10.1 Å². The second-order valence-corrected chi connectivity index (χ2v) is 4.00. The van der Waals surface area contributed by atoms with Crippen molar-refractivity contribution in [1.82, 2.24) is 4.98 Å². The average Bonchev–Trinajstić information content (AvgIpc) is 2.17. The summed E-state index contributed by atoms with van der Waals surface area (Å²) < 4.78 is 13.6. The number of benzene rings is 1. The summed E-state index contributed by atoms with van der Waals surface area (Å²) in [4.78, 5) is 3.89. The van der Waals surface area contributed by atoms with Crippen molar-refractivity contribution in [2.24, 2.45) is 0 Å². The number of rotatable bonds is 0. The summed E-state index contributed by atoms with van der Waals surface area (Å²) in [6.07, 6.45) is 1.49. The third kappa shape index (κ3) is 1.35. The zero-order chi connectivity index (χ0) is 10.3. The first kappa shape index (κ1) is 9.68. The van der Waals surface area contributed by atoms with Gasteiger partial charge in [0.2, 0.25) is 0 Å². The predicted octanol–water partition coefficient (Wildman–Crippen LogP) is 3.37. The van der Waals surface area contributed by atoms with Crippen molar-refractivity contribution in [3.8, 4) is 0 Å². The molecule has 2 nitrogen and oxygen atoms in total. The van der Waals surface area contributed by atoms with E-state index in [0.29, 0.717) is 15.9 Å². The summed E-state index contributed by atoms with van der Waals surface area (Å²) in [5.74, 6) is -0.472. The van der Waals surface area contributed by atoms with Crippen molar-refractivity contribution in [2.75, 3.05) is 5.73 Å². The molecule has 0 atom stereocenters. The number of anilines is 1. The van der Waals surface area contributed by atoms with E-state index in [-0.39, 0.29) is 10.2 Å². The molecule has 0 saturated heterocycles. The number of nitrogens with zero attached hydrogens (tertiary/aromatic N) is 1. The van der Waals surface area contributed by atoms with Gasteiger partial charge in [0.15, 0.2) is 5.82 Å². The largest absolute Gasteiger partial charge is 0.396 e. The molecular weight excluding hydrogens is 270 g/mol. The Morgan fingerprint density at radius 1 is 1.43 bits per heavy atom. The van der Waals surface area contributed by atoms with Crippen LogP contribution in [0.3, 0.4) is 0 Å². The SMILES string of the molecule is Nc1c(F)c(Br)cc2c(Cl)nccc12. The molecule has 2 rings (SSSR count). The Kier molecular flexibility index (Phi) is 2.33. The topological polar surface area (TPSA) is 38.9 Å². The van der Waals surface area contributed by atoms with Gasteiger partial charge in [-0.25, -0.2) is 9.37 Å². The minimum absolute atomic E-state index is 0.0821. The van der Waals surface area contributed by atoms with Gasteiger partial charge in [0.1, 0.15) is 5.15 Å². The molecule has 2 aromatic rings. The second kappa shape index (κ2) is 3.37. The van der Waals surface area contributed by atoms with E-state index >= 15 is 0 Å². The highest BCUT2D eigenvalue weighted by atomic mass is 79.9. The summed E-state index contributed by atoms with van der Waals surface area (Å²) >= 11 is 8.90. The average molecular weight is 276 g/mol. The quantitative estimate of drug-likeness (QED) is 0.591. The van der Waals surface area contributed by atoms with Crippen LogP contribution in [0.1, 0.15) is 0 Å². The van der Waals surface area contributed by atoms with E-state index in [9.17, 15) is 4.39 Å². The summed E-state index contributed by atoms with van der Waals surface area (Å²) in [6.45, 7) is 0. The van der Waals surface area contributed by atoms with E-state index in [1.807, 2.05) is 0 Å². The van der Waals surface area contributed by atoms with Crippen molar-refractivity contribution in [2.45, 2.75) is 0 Å². The van der Waals surface area contributed by atoms with Gasteiger partial charge in [-0.05, 0) is 28.1 Å². The normalized spacial score (nSPS) is 10.8. The highest BCUT2D eigenvalue weighted by molar-refractivity contribution is 9.10. The molecule has 0 amide bonds. The van der Waals surface area contributed by atoms with Crippen LogP contribution in [0, 0.1) is 5.82 Å². The molecule has 0 aliphatic heterocycles. The van der Waals surface area contributed by atoms with E-state index in [0.717, 1.165) is 0 Å². The number of hydrogen-bond acceptors (Lipinski definition) is 2. The van der Waals surface area contributed by atoms with Gasteiger partial charge < -0.3 is 5.73 Å². The lowest BCUT2D eigenvalue weighted by atomic mass is 10.1. The lowest BCUT2D eigenvalue weighted by molar-refractivity contribution is 0.627. The number of hydrogen-bond donors (Lipinski definition) is 1.